The van der Waals surface area contributed by atoms with Crippen LogP contribution in [0.4, 0.5) is 11.4 Å². The molecule has 1 aliphatic heterocycles. The predicted molar refractivity (Wildman–Crippen MR) is 99.2 cm³/mol. The third-order valence-corrected chi connectivity index (χ3v) is 5.23. The first-order valence-electron chi connectivity index (χ1n) is 8.02. The highest BCUT2D eigenvalue weighted by molar-refractivity contribution is 7.92. The summed E-state index contributed by atoms with van der Waals surface area (Å²) in [7, 11) is -3.65. The Bertz CT molecular complexity index is 942. The van der Waals surface area contributed by atoms with Gasteiger partial charge in [0.05, 0.1) is 11.9 Å². The van der Waals surface area contributed by atoms with E-state index in [0.29, 0.717) is 22.9 Å². The molecule has 0 aliphatic carbocycles. The monoisotopic (exact) mass is 376 g/mol. The zero-order valence-corrected chi connectivity index (χ0v) is 15.5. The molecule has 0 aromatic heterocycles. The Balaban J connectivity index is 1.84. The number of rotatable bonds is 5. The number of amides is 1. The molecule has 0 radical (unpaired) electrons. The van der Waals surface area contributed by atoms with Crippen LogP contribution in [0.3, 0.4) is 0 Å². The van der Waals surface area contributed by atoms with Crippen LogP contribution in [0.5, 0.6) is 11.5 Å². The van der Waals surface area contributed by atoms with Gasteiger partial charge in [0, 0.05) is 11.8 Å². The third kappa shape index (κ3) is 3.75. The minimum atomic E-state index is -3.65. The second-order valence-corrected chi connectivity index (χ2v) is 7.99. The van der Waals surface area contributed by atoms with Gasteiger partial charge in [0.15, 0.2) is 11.5 Å². The summed E-state index contributed by atoms with van der Waals surface area (Å²) in [5, 5.41) is 2.73. The first kappa shape index (κ1) is 18.1. The van der Waals surface area contributed by atoms with E-state index in [2.05, 4.69) is 5.32 Å². The second-order valence-electron chi connectivity index (χ2n) is 6.13. The van der Waals surface area contributed by atoms with Crippen molar-refractivity contribution >= 4 is 27.3 Å². The summed E-state index contributed by atoms with van der Waals surface area (Å²) < 4.78 is 36.2. The van der Waals surface area contributed by atoms with Gasteiger partial charge in [-0.15, -0.1) is 0 Å². The first-order chi connectivity index (χ1) is 12.3. The number of nitrogens with one attached hydrogen (secondary N) is 1. The van der Waals surface area contributed by atoms with Gasteiger partial charge < -0.3 is 14.8 Å². The molecule has 3 rings (SSSR count). The van der Waals surface area contributed by atoms with E-state index in [1.54, 1.807) is 43.3 Å². The van der Waals surface area contributed by atoms with Crippen LogP contribution in [-0.4, -0.2) is 33.4 Å². The highest BCUT2D eigenvalue weighted by Crippen LogP contribution is 2.34. The van der Waals surface area contributed by atoms with E-state index in [-0.39, 0.29) is 6.79 Å². The summed E-state index contributed by atoms with van der Waals surface area (Å²) >= 11 is 0. The van der Waals surface area contributed by atoms with Crippen LogP contribution in [0.1, 0.15) is 12.5 Å². The molecule has 138 valence electrons. The summed E-state index contributed by atoms with van der Waals surface area (Å²) in [6.45, 7) is 3.55. The molecule has 26 heavy (non-hydrogen) atoms. The van der Waals surface area contributed by atoms with E-state index >= 15 is 0 Å². The van der Waals surface area contributed by atoms with Crippen molar-refractivity contribution in [3.05, 3.63) is 48.0 Å². The lowest BCUT2D eigenvalue weighted by Gasteiger charge is -2.28. The first-order valence-corrected chi connectivity index (χ1v) is 9.87. The molecule has 7 nitrogen and oxygen atoms in total. The van der Waals surface area contributed by atoms with Crippen molar-refractivity contribution in [1.82, 2.24) is 0 Å². The normalized spacial score (nSPS) is 14.0. The molecule has 0 spiro atoms. The average Bonchev–Trinajstić information content (AvgIpc) is 3.01. The Morgan fingerprint density at radius 1 is 1.15 bits per heavy atom. The quantitative estimate of drug-likeness (QED) is 0.867. The molecule has 0 saturated heterocycles. The van der Waals surface area contributed by atoms with Gasteiger partial charge in [-0.3, -0.25) is 9.10 Å². The Hall–Kier alpha value is -2.74. The van der Waals surface area contributed by atoms with E-state index in [9.17, 15) is 13.2 Å². The fourth-order valence-electron chi connectivity index (χ4n) is 2.79. The molecule has 2 aromatic rings. The molecular formula is C18H20N2O5S. The minimum Gasteiger partial charge on any atom is -0.454 e. The SMILES string of the molecule is Cc1cccc(N(C(C)C(=O)Nc2ccc3c(c2)OCO3)S(C)(=O)=O)c1. The van der Waals surface area contributed by atoms with Crippen molar-refractivity contribution in [1.29, 1.82) is 0 Å². The van der Waals surface area contributed by atoms with Crippen molar-refractivity contribution in [2.75, 3.05) is 22.7 Å². The van der Waals surface area contributed by atoms with Crippen molar-refractivity contribution in [2.24, 2.45) is 0 Å². The number of ether oxygens (including phenoxy) is 2. The number of benzene rings is 2. The molecule has 1 N–H and O–H groups in total. The number of nitrogens with zero attached hydrogens (tertiary/aromatic N) is 1. The van der Waals surface area contributed by atoms with Crippen molar-refractivity contribution in [3.8, 4) is 11.5 Å². The van der Waals surface area contributed by atoms with Crippen LogP contribution in [0, 0.1) is 6.92 Å². The van der Waals surface area contributed by atoms with Gasteiger partial charge in [-0.1, -0.05) is 12.1 Å². The smallest absolute Gasteiger partial charge is 0.247 e. The lowest BCUT2D eigenvalue weighted by atomic mass is 10.2. The number of hydrogen-bond acceptors (Lipinski definition) is 5. The molecule has 8 heteroatoms. The highest BCUT2D eigenvalue weighted by atomic mass is 32.2. The molecule has 1 unspecified atom stereocenters. The maximum absolute atomic E-state index is 12.7. The molecule has 1 atom stereocenters. The van der Waals surface area contributed by atoms with Crippen LogP contribution >= 0.6 is 0 Å². The number of fused-ring (bicyclic) bond motifs is 1. The number of aryl methyl sites for hydroxylation is 1. The molecule has 0 saturated carbocycles. The van der Waals surface area contributed by atoms with Crippen LogP contribution in [0.15, 0.2) is 42.5 Å². The van der Waals surface area contributed by atoms with Gasteiger partial charge in [0.2, 0.25) is 22.7 Å². The minimum absolute atomic E-state index is 0.137. The molecule has 0 fully saturated rings. The van der Waals surface area contributed by atoms with E-state index in [0.717, 1.165) is 16.1 Å². The molecule has 1 heterocycles. The van der Waals surface area contributed by atoms with E-state index < -0.39 is 22.0 Å². The molecule has 1 amide bonds. The molecule has 1 aliphatic rings. The van der Waals surface area contributed by atoms with E-state index in [1.165, 1.54) is 0 Å². The number of carbonyl (C=O) groups is 1. The fourth-order valence-corrected chi connectivity index (χ4v) is 3.96. The zero-order valence-electron chi connectivity index (χ0n) is 14.7. The maximum atomic E-state index is 12.7. The summed E-state index contributed by atoms with van der Waals surface area (Å²) in [5.74, 6) is 0.693. The Kier molecular flexibility index (Phi) is 4.78. The summed E-state index contributed by atoms with van der Waals surface area (Å²) in [5.41, 5.74) is 1.85. The lowest BCUT2D eigenvalue weighted by molar-refractivity contribution is -0.116. The molecule has 2 aromatic carbocycles. The largest absolute Gasteiger partial charge is 0.454 e. The third-order valence-electron chi connectivity index (χ3n) is 3.98. The van der Waals surface area contributed by atoms with Gasteiger partial charge in [-0.05, 0) is 43.7 Å². The summed E-state index contributed by atoms with van der Waals surface area (Å²) in [4.78, 5) is 12.7. The van der Waals surface area contributed by atoms with Crippen molar-refractivity contribution in [2.45, 2.75) is 19.9 Å². The average molecular weight is 376 g/mol. The van der Waals surface area contributed by atoms with Gasteiger partial charge in [-0.2, -0.15) is 0 Å². The van der Waals surface area contributed by atoms with Gasteiger partial charge >= 0.3 is 0 Å². The Labute approximate surface area is 152 Å². The lowest BCUT2D eigenvalue weighted by Crippen LogP contribution is -2.45. The van der Waals surface area contributed by atoms with E-state index in [1.807, 2.05) is 13.0 Å². The Morgan fingerprint density at radius 3 is 2.58 bits per heavy atom. The van der Waals surface area contributed by atoms with Gasteiger partial charge in [0.25, 0.3) is 0 Å². The molecule has 0 bridgehead atoms. The zero-order chi connectivity index (χ0) is 18.9. The van der Waals surface area contributed by atoms with Crippen LogP contribution < -0.4 is 19.1 Å². The fraction of sp³-hybridized carbons (Fsp3) is 0.278. The van der Waals surface area contributed by atoms with E-state index in [4.69, 9.17) is 9.47 Å². The summed E-state index contributed by atoms with van der Waals surface area (Å²) in [6, 6.07) is 11.1. The molecular weight excluding hydrogens is 356 g/mol. The Morgan fingerprint density at radius 2 is 1.88 bits per heavy atom. The van der Waals surface area contributed by atoms with Crippen molar-refractivity contribution in [3.63, 3.8) is 0 Å². The van der Waals surface area contributed by atoms with Crippen LogP contribution in [0.25, 0.3) is 0 Å². The van der Waals surface area contributed by atoms with Crippen LogP contribution in [-0.2, 0) is 14.8 Å². The maximum Gasteiger partial charge on any atom is 0.247 e. The number of carbonyl (C=O) groups excluding carboxylic acids is 1. The summed E-state index contributed by atoms with van der Waals surface area (Å²) in [6.07, 6.45) is 1.08. The van der Waals surface area contributed by atoms with Crippen molar-refractivity contribution < 1.29 is 22.7 Å². The number of anilines is 2. The number of sulfonamides is 1. The van der Waals surface area contributed by atoms with Crippen LogP contribution in [0.2, 0.25) is 0 Å². The predicted octanol–water partition coefficient (Wildman–Crippen LogP) is 2.52. The van der Waals surface area contributed by atoms with Gasteiger partial charge in [-0.25, -0.2) is 8.42 Å². The second kappa shape index (κ2) is 6.87. The van der Waals surface area contributed by atoms with Gasteiger partial charge in [0.1, 0.15) is 6.04 Å². The standard InChI is InChI=1S/C18H20N2O5S/c1-12-5-4-6-15(9-12)20(26(3,22)23)13(2)18(21)19-14-7-8-16-17(10-14)25-11-24-16/h4-10,13H,11H2,1-3H3,(H,19,21). The topological polar surface area (TPSA) is 84.9 Å². The number of hydrogen-bond donors (Lipinski definition) is 1. The highest BCUT2D eigenvalue weighted by Gasteiger charge is 2.29.